The first-order valence-electron chi connectivity index (χ1n) is 6.12. The van der Waals surface area contributed by atoms with Gasteiger partial charge in [0, 0.05) is 6.61 Å². The Morgan fingerprint density at radius 1 is 1.31 bits per heavy atom. The van der Waals surface area contributed by atoms with Crippen molar-refractivity contribution < 1.29 is 19.7 Å². The maximum Gasteiger partial charge on any atom is 0.0779 e. The fourth-order valence-corrected chi connectivity index (χ4v) is 0.875. The van der Waals surface area contributed by atoms with E-state index in [4.69, 9.17) is 19.7 Å². The molecule has 0 bridgehead atoms. The van der Waals surface area contributed by atoms with Crippen LogP contribution in [-0.2, 0) is 9.47 Å². The second kappa shape index (κ2) is 10.0. The molecule has 2 atom stereocenters. The second-order valence-electron chi connectivity index (χ2n) is 4.25. The molecule has 0 saturated heterocycles. The Bertz CT molecular complexity index is 146. The predicted molar refractivity (Wildman–Crippen MR) is 63.4 cm³/mol. The topological polar surface area (TPSA) is 58.9 Å². The van der Waals surface area contributed by atoms with Crippen LogP contribution in [0.1, 0.15) is 40.0 Å². The zero-order valence-electron chi connectivity index (χ0n) is 10.7. The van der Waals surface area contributed by atoms with Crippen molar-refractivity contribution in [2.75, 3.05) is 19.8 Å². The van der Waals surface area contributed by atoms with Crippen LogP contribution in [0.15, 0.2) is 0 Å². The Kier molecular flexibility index (Phi) is 9.92. The van der Waals surface area contributed by atoms with E-state index in [0.29, 0.717) is 12.7 Å². The Morgan fingerprint density at radius 3 is 2.31 bits per heavy atom. The van der Waals surface area contributed by atoms with E-state index in [9.17, 15) is 0 Å². The molecule has 1 aliphatic carbocycles. The van der Waals surface area contributed by atoms with Crippen molar-refractivity contribution in [2.24, 2.45) is 0 Å². The number of aliphatic hydroxyl groups excluding tert-OH is 2. The van der Waals surface area contributed by atoms with E-state index in [1.54, 1.807) is 13.8 Å². The van der Waals surface area contributed by atoms with E-state index >= 15 is 0 Å². The average molecular weight is 234 g/mol. The minimum atomic E-state index is -0.445. The molecule has 1 rings (SSSR count). The van der Waals surface area contributed by atoms with Crippen LogP contribution in [-0.4, -0.2) is 48.3 Å². The van der Waals surface area contributed by atoms with Crippen molar-refractivity contribution in [2.45, 2.75) is 58.3 Å². The van der Waals surface area contributed by atoms with E-state index in [-0.39, 0.29) is 12.7 Å². The number of ether oxygens (including phenoxy) is 2. The number of hydrogen-bond acceptors (Lipinski definition) is 4. The van der Waals surface area contributed by atoms with Crippen molar-refractivity contribution in [1.82, 2.24) is 0 Å². The molecule has 0 heterocycles. The summed E-state index contributed by atoms with van der Waals surface area (Å²) in [7, 11) is 0. The summed E-state index contributed by atoms with van der Waals surface area (Å²) in [6.07, 6.45) is 3.81. The molecule has 4 nitrogen and oxygen atoms in total. The van der Waals surface area contributed by atoms with E-state index < -0.39 is 6.10 Å². The molecule has 98 valence electrons. The van der Waals surface area contributed by atoms with Crippen LogP contribution in [0.2, 0.25) is 0 Å². The minimum absolute atomic E-state index is 0.00667. The van der Waals surface area contributed by atoms with E-state index in [1.807, 2.05) is 0 Å². The summed E-state index contributed by atoms with van der Waals surface area (Å²) >= 11 is 0. The van der Waals surface area contributed by atoms with Gasteiger partial charge in [0.05, 0.1) is 31.5 Å². The van der Waals surface area contributed by atoms with Gasteiger partial charge in [-0.2, -0.15) is 0 Å². The Balaban J connectivity index is 0.000000288. The first-order chi connectivity index (χ1) is 7.60. The number of rotatable bonds is 7. The van der Waals surface area contributed by atoms with E-state index in [2.05, 4.69) is 6.92 Å². The zero-order chi connectivity index (χ0) is 12.4. The zero-order valence-corrected chi connectivity index (χ0v) is 10.7. The average Bonchev–Trinajstić information content (AvgIpc) is 3.07. The smallest absolute Gasteiger partial charge is 0.0779 e. The SMILES string of the molecule is CC(O)COC(C)CO.CCCOC1CC1. The van der Waals surface area contributed by atoms with Crippen LogP contribution in [0.4, 0.5) is 0 Å². The Hall–Kier alpha value is -0.160. The van der Waals surface area contributed by atoms with Crippen molar-refractivity contribution in [3.8, 4) is 0 Å². The Labute approximate surface area is 98.6 Å². The van der Waals surface area contributed by atoms with Gasteiger partial charge in [0.25, 0.3) is 0 Å². The van der Waals surface area contributed by atoms with Crippen LogP contribution in [0.25, 0.3) is 0 Å². The van der Waals surface area contributed by atoms with Crippen LogP contribution in [0.5, 0.6) is 0 Å². The van der Waals surface area contributed by atoms with Gasteiger partial charge in [-0.05, 0) is 33.1 Å². The third-order valence-electron chi connectivity index (χ3n) is 1.96. The summed E-state index contributed by atoms with van der Waals surface area (Å²) in [6, 6.07) is 0. The van der Waals surface area contributed by atoms with Crippen LogP contribution in [0.3, 0.4) is 0 Å². The first kappa shape index (κ1) is 15.8. The summed E-state index contributed by atoms with van der Waals surface area (Å²) in [5.41, 5.74) is 0. The molecule has 16 heavy (non-hydrogen) atoms. The summed E-state index contributed by atoms with van der Waals surface area (Å²) < 4.78 is 10.3. The molecule has 0 aliphatic heterocycles. The van der Waals surface area contributed by atoms with Crippen LogP contribution >= 0.6 is 0 Å². The fraction of sp³-hybridized carbons (Fsp3) is 1.00. The van der Waals surface area contributed by atoms with Gasteiger partial charge in [0.2, 0.25) is 0 Å². The molecule has 1 aliphatic rings. The lowest BCUT2D eigenvalue weighted by Gasteiger charge is -2.10. The molecule has 1 saturated carbocycles. The molecular formula is C12H26O4. The highest BCUT2D eigenvalue weighted by molar-refractivity contribution is 4.72. The highest BCUT2D eigenvalue weighted by atomic mass is 16.5. The van der Waals surface area contributed by atoms with Crippen molar-refractivity contribution >= 4 is 0 Å². The number of aliphatic hydroxyl groups is 2. The molecule has 4 heteroatoms. The summed E-state index contributed by atoms with van der Waals surface area (Å²) in [5, 5.41) is 17.1. The number of hydrogen-bond donors (Lipinski definition) is 2. The molecule has 0 aromatic heterocycles. The lowest BCUT2D eigenvalue weighted by atomic mass is 10.4. The molecule has 0 amide bonds. The highest BCUT2D eigenvalue weighted by Crippen LogP contribution is 2.23. The van der Waals surface area contributed by atoms with Crippen molar-refractivity contribution in [1.29, 1.82) is 0 Å². The highest BCUT2D eigenvalue weighted by Gasteiger charge is 2.20. The van der Waals surface area contributed by atoms with E-state index in [0.717, 1.165) is 13.0 Å². The lowest BCUT2D eigenvalue weighted by Crippen LogP contribution is -2.19. The van der Waals surface area contributed by atoms with Crippen molar-refractivity contribution in [3.05, 3.63) is 0 Å². The predicted octanol–water partition coefficient (Wildman–Crippen LogP) is 1.34. The fourth-order valence-electron chi connectivity index (χ4n) is 0.875. The molecule has 2 unspecified atom stereocenters. The summed E-state index contributed by atoms with van der Waals surface area (Å²) in [6.45, 7) is 6.80. The molecule has 2 N–H and O–H groups in total. The third-order valence-corrected chi connectivity index (χ3v) is 1.96. The van der Waals surface area contributed by atoms with Gasteiger partial charge in [-0.25, -0.2) is 0 Å². The van der Waals surface area contributed by atoms with Gasteiger partial charge in [-0.3, -0.25) is 0 Å². The second-order valence-corrected chi connectivity index (χ2v) is 4.25. The molecule has 0 aromatic rings. The lowest BCUT2D eigenvalue weighted by molar-refractivity contribution is -0.0177. The maximum atomic E-state index is 8.69. The van der Waals surface area contributed by atoms with Crippen LogP contribution in [0, 0.1) is 0 Å². The molecule has 1 fully saturated rings. The largest absolute Gasteiger partial charge is 0.394 e. The molecule has 0 radical (unpaired) electrons. The van der Waals surface area contributed by atoms with Gasteiger partial charge in [0.1, 0.15) is 0 Å². The standard InChI is InChI=1S/C6H14O3.C6H12O/c1-5(8)4-9-6(2)3-7;1-2-5-7-6-3-4-6/h5-8H,3-4H2,1-2H3;6H,2-5H2,1H3. The van der Waals surface area contributed by atoms with E-state index in [1.165, 1.54) is 12.8 Å². The van der Waals surface area contributed by atoms with Crippen LogP contribution < -0.4 is 0 Å². The van der Waals surface area contributed by atoms with Gasteiger partial charge in [-0.1, -0.05) is 6.92 Å². The summed E-state index contributed by atoms with van der Waals surface area (Å²) in [4.78, 5) is 0. The quantitative estimate of drug-likeness (QED) is 0.698. The molecule has 0 aromatic carbocycles. The van der Waals surface area contributed by atoms with Gasteiger partial charge < -0.3 is 19.7 Å². The van der Waals surface area contributed by atoms with Crippen molar-refractivity contribution in [3.63, 3.8) is 0 Å². The van der Waals surface area contributed by atoms with Gasteiger partial charge in [-0.15, -0.1) is 0 Å². The first-order valence-corrected chi connectivity index (χ1v) is 6.12. The minimum Gasteiger partial charge on any atom is -0.394 e. The monoisotopic (exact) mass is 234 g/mol. The maximum absolute atomic E-state index is 8.69. The summed E-state index contributed by atoms with van der Waals surface area (Å²) in [5.74, 6) is 0. The molecular weight excluding hydrogens is 208 g/mol. The Morgan fingerprint density at radius 2 is 1.94 bits per heavy atom. The van der Waals surface area contributed by atoms with Gasteiger partial charge >= 0.3 is 0 Å². The third kappa shape index (κ3) is 11.9. The normalized spacial score (nSPS) is 18.6. The van der Waals surface area contributed by atoms with Gasteiger partial charge in [0.15, 0.2) is 0 Å². The molecule has 0 spiro atoms.